The highest BCUT2D eigenvalue weighted by molar-refractivity contribution is 5.75. The molecule has 2 nitrogen and oxygen atoms in total. The van der Waals surface area contributed by atoms with Crippen molar-refractivity contribution < 1.29 is 9.53 Å². The molecular weight excluding hydrogens is 224 g/mol. The van der Waals surface area contributed by atoms with Gasteiger partial charge in [-0.25, -0.2) is 0 Å². The molecule has 0 unspecified atom stereocenters. The first-order valence-electron chi connectivity index (χ1n) is 6.05. The Hall–Kier alpha value is -2.09. The van der Waals surface area contributed by atoms with Crippen LogP contribution in [0.3, 0.4) is 0 Å². The van der Waals surface area contributed by atoms with Gasteiger partial charge in [-0.2, -0.15) is 0 Å². The van der Waals surface area contributed by atoms with Gasteiger partial charge in [0.1, 0.15) is 17.8 Å². The molecule has 0 aliphatic carbocycles. The highest BCUT2D eigenvalue weighted by atomic mass is 16.5. The molecule has 2 aromatic rings. The SMILES string of the molecule is CCc1ccc(Oc2cc(C=O)ccc2C)cc1. The third kappa shape index (κ3) is 2.77. The minimum Gasteiger partial charge on any atom is -0.457 e. The topological polar surface area (TPSA) is 26.3 Å². The molecule has 0 aliphatic heterocycles. The fourth-order valence-electron chi connectivity index (χ4n) is 1.72. The van der Waals surface area contributed by atoms with E-state index >= 15 is 0 Å². The number of benzene rings is 2. The molecule has 0 N–H and O–H groups in total. The molecule has 92 valence electrons. The lowest BCUT2D eigenvalue weighted by atomic mass is 10.1. The van der Waals surface area contributed by atoms with Gasteiger partial charge in [-0.15, -0.1) is 0 Å². The molecule has 0 saturated carbocycles. The third-order valence-electron chi connectivity index (χ3n) is 2.91. The molecule has 2 heteroatoms. The second-order valence-electron chi connectivity index (χ2n) is 4.24. The maximum atomic E-state index is 10.8. The molecule has 0 atom stereocenters. The Kier molecular flexibility index (Phi) is 3.78. The standard InChI is InChI=1S/C16H16O2/c1-3-13-6-8-15(9-7-13)18-16-10-14(11-17)5-4-12(16)2/h4-11H,3H2,1-2H3. The molecule has 2 rings (SSSR count). The Morgan fingerprint density at radius 1 is 1.11 bits per heavy atom. The van der Waals surface area contributed by atoms with Crippen LogP contribution in [0.25, 0.3) is 0 Å². The smallest absolute Gasteiger partial charge is 0.150 e. The van der Waals surface area contributed by atoms with Crippen molar-refractivity contribution in [1.82, 2.24) is 0 Å². The normalized spacial score (nSPS) is 10.1. The van der Waals surface area contributed by atoms with Gasteiger partial charge >= 0.3 is 0 Å². The van der Waals surface area contributed by atoms with Crippen LogP contribution >= 0.6 is 0 Å². The highest BCUT2D eigenvalue weighted by Crippen LogP contribution is 2.26. The van der Waals surface area contributed by atoms with Gasteiger partial charge in [0.2, 0.25) is 0 Å². The van der Waals surface area contributed by atoms with Crippen molar-refractivity contribution in [3.05, 3.63) is 59.2 Å². The van der Waals surface area contributed by atoms with Gasteiger partial charge in [0.05, 0.1) is 0 Å². The van der Waals surface area contributed by atoms with E-state index in [1.165, 1.54) is 5.56 Å². The van der Waals surface area contributed by atoms with Gasteiger partial charge in [-0.1, -0.05) is 31.2 Å². The highest BCUT2D eigenvalue weighted by Gasteiger charge is 2.03. The third-order valence-corrected chi connectivity index (χ3v) is 2.91. The molecule has 0 saturated heterocycles. The quantitative estimate of drug-likeness (QED) is 0.750. The first-order chi connectivity index (χ1) is 8.72. The number of hydrogen-bond donors (Lipinski definition) is 0. The van der Waals surface area contributed by atoms with Crippen LogP contribution in [0.2, 0.25) is 0 Å². The molecule has 0 bridgehead atoms. The number of rotatable bonds is 4. The van der Waals surface area contributed by atoms with Crippen LogP contribution in [0.1, 0.15) is 28.4 Å². The van der Waals surface area contributed by atoms with E-state index < -0.39 is 0 Å². The number of aryl methyl sites for hydroxylation is 2. The number of ether oxygens (including phenoxy) is 1. The molecule has 0 aromatic heterocycles. The van der Waals surface area contributed by atoms with Gasteiger partial charge in [0.25, 0.3) is 0 Å². The maximum Gasteiger partial charge on any atom is 0.150 e. The average Bonchev–Trinajstić information content (AvgIpc) is 2.42. The second kappa shape index (κ2) is 5.50. The van der Waals surface area contributed by atoms with Crippen molar-refractivity contribution in [1.29, 1.82) is 0 Å². The van der Waals surface area contributed by atoms with Crippen molar-refractivity contribution in [2.45, 2.75) is 20.3 Å². The second-order valence-corrected chi connectivity index (χ2v) is 4.24. The predicted octanol–water partition coefficient (Wildman–Crippen LogP) is 4.16. The molecule has 0 spiro atoms. The van der Waals surface area contributed by atoms with Crippen LogP contribution in [-0.2, 0) is 6.42 Å². The van der Waals surface area contributed by atoms with Crippen molar-refractivity contribution >= 4 is 6.29 Å². The van der Waals surface area contributed by atoms with E-state index in [9.17, 15) is 4.79 Å². The predicted molar refractivity (Wildman–Crippen MR) is 72.5 cm³/mol. The summed E-state index contributed by atoms with van der Waals surface area (Å²) in [6, 6.07) is 13.4. The molecule has 0 radical (unpaired) electrons. The van der Waals surface area contributed by atoms with Crippen molar-refractivity contribution in [2.24, 2.45) is 0 Å². The maximum absolute atomic E-state index is 10.8. The fourth-order valence-corrected chi connectivity index (χ4v) is 1.72. The Labute approximate surface area is 107 Å². The van der Waals surface area contributed by atoms with Crippen LogP contribution < -0.4 is 4.74 Å². The largest absolute Gasteiger partial charge is 0.457 e. The van der Waals surface area contributed by atoms with Crippen LogP contribution in [-0.4, -0.2) is 6.29 Å². The molecule has 0 fully saturated rings. The van der Waals surface area contributed by atoms with Gasteiger partial charge in [-0.3, -0.25) is 4.79 Å². The monoisotopic (exact) mass is 240 g/mol. The molecule has 0 aliphatic rings. The van der Waals surface area contributed by atoms with E-state index in [0.717, 1.165) is 29.8 Å². The zero-order valence-electron chi connectivity index (χ0n) is 10.6. The Morgan fingerprint density at radius 3 is 2.44 bits per heavy atom. The van der Waals surface area contributed by atoms with Crippen LogP contribution in [0.5, 0.6) is 11.5 Å². The van der Waals surface area contributed by atoms with Gasteiger partial charge in [0.15, 0.2) is 0 Å². The first kappa shape index (κ1) is 12.4. The molecule has 2 aromatic carbocycles. The van der Waals surface area contributed by atoms with Crippen LogP contribution in [0, 0.1) is 6.92 Å². The first-order valence-corrected chi connectivity index (χ1v) is 6.05. The van der Waals surface area contributed by atoms with Crippen molar-refractivity contribution in [3.63, 3.8) is 0 Å². The summed E-state index contributed by atoms with van der Waals surface area (Å²) in [6.07, 6.45) is 1.84. The Balaban J connectivity index is 2.24. The minimum absolute atomic E-state index is 0.626. The summed E-state index contributed by atoms with van der Waals surface area (Å²) in [7, 11) is 0. The van der Waals surface area contributed by atoms with Gasteiger partial charge in [0, 0.05) is 5.56 Å². The summed E-state index contributed by atoms with van der Waals surface area (Å²) in [6.45, 7) is 4.08. The average molecular weight is 240 g/mol. The van der Waals surface area contributed by atoms with E-state index in [0.29, 0.717) is 5.56 Å². The summed E-state index contributed by atoms with van der Waals surface area (Å²) in [5.41, 5.74) is 2.92. The summed E-state index contributed by atoms with van der Waals surface area (Å²) < 4.78 is 5.79. The lowest BCUT2D eigenvalue weighted by molar-refractivity contribution is 0.112. The summed E-state index contributed by atoms with van der Waals surface area (Å²) in [5, 5.41) is 0. The van der Waals surface area contributed by atoms with Gasteiger partial charge < -0.3 is 4.74 Å². The number of carbonyl (C=O) groups is 1. The Morgan fingerprint density at radius 2 is 1.83 bits per heavy atom. The number of hydrogen-bond acceptors (Lipinski definition) is 2. The van der Waals surface area contributed by atoms with E-state index in [2.05, 4.69) is 6.92 Å². The summed E-state index contributed by atoms with van der Waals surface area (Å²) in [4.78, 5) is 10.8. The summed E-state index contributed by atoms with van der Waals surface area (Å²) in [5.74, 6) is 1.52. The zero-order valence-corrected chi connectivity index (χ0v) is 10.6. The van der Waals surface area contributed by atoms with Gasteiger partial charge in [-0.05, 0) is 42.7 Å². The fraction of sp³-hybridized carbons (Fsp3) is 0.188. The van der Waals surface area contributed by atoms with Crippen LogP contribution in [0.15, 0.2) is 42.5 Å². The minimum atomic E-state index is 0.626. The van der Waals surface area contributed by atoms with E-state index in [-0.39, 0.29) is 0 Å². The molecule has 0 heterocycles. The lowest BCUT2D eigenvalue weighted by Crippen LogP contribution is -1.90. The Bertz CT molecular complexity index is 542. The van der Waals surface area contributed by atoms with E-state index in [1.54, 1.807) is 12.1 Å². The molecule has 18 heavy (non-hydrogen) atoms. The molecular formula is C16H16O2. The number of carbonyl (C=O) groups excluding carboxylic acids is 1. The zero-order chi connectivity index (χ0) is 13.0. The number of aldehydes is 1. The van der Waals surface area contributed by atoms with E-state index in [4.69, 9.17) is 4.74 Å². The summed E-state index contributed by atoms with van der Waals surface area (Å²) >= 11 is 0. The van der Waals surface area contributed by atoms with Crippen molar-refractivity contribution in [3.8, 4) is 11.5 Å². The van der Waals surface area contributed by atoms with E-state index in [1.807, 2.05) is 37.3 Å². The lowest BCUT2D eigenvalue weighted by Gasteiger charge is -2.09. The molecule has 0 amide bonds. The van der Waals surface area contributed by atoms with Crippen LogP contribution in [0.4, 0.5) is 0 Å². The van der Waals surface area contributed by atoms with Crippen molar-refractivity contribution in [2.75, 3.05) is 0 Å².